The molecule has 2 nitrogen and oxygen atoms in total. The van der Waals surface area contributed by atoms with Crippen LogP contribution >= 0.6 is 15.9 Å². The minimum Gasteiger partial charge on any atom is -0.271 e. The number of hydrogen-bond donors (Lipinski definition) is 2. The smallest absolute Gasteiger partial charge is 0.255 e. The quantitative estimate of drug-likeness (QED) is 0.388. The predicted molar refractivity (Wildman–Crippen MR) is 54.9 cm³/mol. The second-order valence-corrected chi connectivity index (χ2v) is 3.99. The van der Waals surface area contributed by atoms with Crippen molar-refractivity contribution in [1.82, 2.24) is 5.43 Å². The molecular weight excluding hydrogens is 292 g/mol. The first-order valence-corrected chi connectivity index (χ1v) is 5.13. The van der Waals surface area contributed by atoms with Crippen molar-refractivity contribution in [3.63, 3.8) is 0 Å². The monoisotopic (exact) mass is 300 g/mol. The average molecular weight is 301 g/mol. The molecule has 1 aromatic carbocycles. The van der Waals surface area contributed by atoms with Gasteiger partial charge < -0.3 is 0 Å². The van der Waals surface area contributed by atoms with Gasteiger partial charge in [0.15, 0.2) is 0 Å². The lowest BCUT2D eigenvalue weighted by Crippen LogP contribution is -2.42. The highest BCUT2D eigenvalue weighted by Gasteiger charge is 2.23. The molecule has 1 atom stereocenters. The Balaban J connectivity index is 3.00. The van der Waals surface area contributed by atoms with Crippen molar-refractivity contribution in [3.05, 3.63) is 33.8 Å². The highest BCUT2D eigenvalue weighted by molar-refractivity contribution is 9.10. The minimum atomic E-state index is -2.80. The van der Waals surface area contributed by atoms with E-state index in [1.54, 1.807) is 0 Å². The van der Waals surface area contributed by atoms with Crippen molar-refractivity contribution in [2.45, 2.75) is 18.9 Å². The van der Waals surface area contributed by atoms with Gasteiger partial charge in [0.05, 0.1) is 10.5 Å². The summed E-state index contributed by atoms with van der Waals surface area (Å²) in [5.41, 5.74) is 1.41. The van der Waals surface area contributed by atoms with Crippen LogP contribution in [0.3, 0.4) is 0 Å². The predicted octanol–water partition coefficient (Wildman–Crippen LogP) is 2.37. The van der Waals surface area contributed by atoms with Gasteiger partial charge in [0, 0.05) is 12.0 Å². The topological polar surface area (TPSA) is 38.0 Å². The van der Waals surface area contributed by atoms with Crippen LogP contribution in [0.1, 0.15) is 5.56 Å². The molecule has 0 aromatic heterocycles. The van der Waals surface area contributed by atoms with Crippen LogP contribution in [0, 0.1) is 11.6 Å². The van der Waals surface area contributed by atoms with E-state index in [0.717, 1.165) is 6.07 Å². The summed E-state index contributed by atoms with van der Waals surface area (Å²) in [5.74, 6) is 3.11. The highest BCUT2D eigenvalue weighted by atomic mass is 79.9. The Labute approximate surface area is 97.9 Å². The molecule has 0 amide bonds. The third-order valence-electron chi connectivity index (χ3n) is 2.08. The molecule has 3 N–H and O–H groups in total. The number of alkyl halides is 2. The molecule has 0 saturated heterocycles. The fourth-order valence-corrected chi connectivity index (χ4v) is 1.57. The van der Waals surface area contributed by atoms with Crippen molar-refractivity contribution in [3.8, 4) is 0 Å². The molecule has 0 bridgehead atoms. The van der Waals surface area contributed by atoms with E-state index >= 15 is 0 Å². The maximum atomic E-state index is 13.4. The Kier molecular flexibility index (Phi) is 4.69. The van der Waals surface area contributed by atoms with Crippen LogP contribution in [-0.4, -0.2) is 12.5 Å². The molecular formula is C9H9BrF4N2. The fraction of sp³-hybridized carbons (Fsp3) is 0.333. The summed E-state index contributed by atoms with van der Waals surface area (Å²) >= 11 is 2.85. The zero-order valence-electron chi connectivity index (χ0n) is 7.98. The van der Waals surface area contributed by atoms with E-state index in [9.17, 15) is 17.6 Å². The lowest BCUT2D eigenvalue weighted by atomic mass is 10.1. The number of benzene rings is 1. The third-order valence-corrected chi connectivity index (χ3v) is 2.69. The van der Waals surface area contributed by atoms with Gasteiger partial charge in [-0.3, -0.25) is 11.3 Å². The first-order chi connectivity index (χ1) is 7.47. The van der Waals surface area contributed by atoms with Crippen LogP contribution in [0.5, 0.6) is 0 Å². The van der Waals surface area contributed by atoms with E-state index in [1.165, 1.54) is 6.07 Å². The Hall–Kier alpha value is -0.660. The molecule has 0 saturated carbocycles. The van der Waals surface area contributed by atoms with Crippen molar-refractivity contribution in [2.24, 2.45) is 5.84 Å². The van der Waals surface area contributed by atoms with Crippen LogP contribution < -0.4 is 11.3 Å². The number of hydrazine groups is 1. The van der Waals surface area contributed by atoms with Gasteiger partial charge in [-0.15, -0.1) is 0 Å². The second-order valence-electron chi connectivity index (χ2n) is 3.13. The van der Waals surface area contributed by atoms with Crippen LogP contribution in [0.25, 0.3) is 0 Å². The van der Waals surface area contributed by atoms with Crippen LogP contribution in [0.4, 0.5) is 17.6 Å². The van der Waals surface area contributed by atoms with Crippen LogP contribution in [-0.2, 0) is 6.42 Å². The number of nitrogens with one attached hydrogen (secondary N) is 1. The number of halogens is 5. The Bertz CT molecular complexity index is 373. The van der Waals surface area contributed by atoms with E-state index in [0.29, 0.717) is 0 Å². The van der Waals surface area contributed by atoms with E-state index < -0.39 is 36.1 Å². The third kappa shape index (κ3) is 2.93. The molecule has 1 aromatic rings. The van der Waals surface area contributed by atoms with Crippen molar-refractivity contribution in [2.75, 3.05) is 0 Å². The lowest BCUT2D eigenvalue weighted by Gasteiger charge is -2.15. The van der Waals surface area contributed by atoms with Gasteiger partial charge >= 0.3 is 0 Å². The van der Waals surface area contributed by atoms with Gasteiger partial charge in [0.1, 0.15) is 11.6 Å². The van der Waals surface area contributed by atoms with Crippen molar-refractivity contribution < 1.29 is 17.6 Å². The molecule has 0 aliphatic rings. The van der Waals surface area contributed by atoms with Gasteiger partial charge in [-0.2, -0.15) is 0 Å². The summed E-state index contributed by atoms with van der Waals surface area (Å²) in [7, 11) is 0. The Morgan fingerprint density at radius 1 is 1.31 bits per heavy atom. The maximum absolute atomic E-state index is 13.4. The summed E-state index contributed by atoms with van der Waals surface area (Å²) in [6, 6.07) is 0.682. The van der Waals surface area contributed by atoms with Gasteiger partial charge in [0.2, 0.25) is 0 Å². The summed E-state index contributed by atoms with van der Waals surface area (Å²) in [6.45, 7) is 0. The lowest BCUT2D eigenvalue weighted by molar-refractivity contribution is 0.0976. The Morgan fingerprint density at radius 3 is 2.44 bits per heavy atom. The first-order valence-electron chi connectivity index (χ1n) is 4.34. The SMILES string of the molecule is NNC(Cc1c(F)ccc(Br)c1F)C(F)F. The molecule has 0 aliphatic heterocycles. The van der Waals surface area contributed by atoms with E-state index in [2.05, 4.69) is 15.9 Å². The summed E-state index contributed by atoms with van der Waals surface area (Å²) in [6.07, 6.45) is -3.33. The van der Waals surface area contributed by atoms with E-state index in [1.807, 2.05) is 5.43 Å². The normalized spacial score (nSPS) is 13.2. The molecule has 1 rings (SSSR count). The average Bonchev–Trinajstić information content (AvgIpc) is 2.23. The standard InChI is InChI=1S/C9H9BrF4N2/c10-5-1-2-6(11)4(8(5)12)3-7(16-15)9(13)14/h1-2,7,9,16H,3,15H2. The second kappa shape index (κ2) is 5.60. The largest absolute Gasteiger partial charge is 0.271 e. The molecule has 0 fully saturated rings. The van der Waals surface area contributed by atoms with E-state index in [-0.39, 0.29) is 4.47 Å². The molecule has 0 spiro atoms. The molecule has 0 radical (unpaired) electrons. The maximum Gasteiger partial charge on any atom is 0.255 e. The molecule has 1 unspecified atom stereocenters. The Morgan fingerprint density at radius 2 is 1.94 bits per heavy atom. The van der Waals surface area contributed by atoms with Crippen molar-refractivity contribution >= 4 is 15.9 Å². The van der Waals surface area contributed by atoms with Gasteiger partial charge in [-0.25, -0.2) is 17.6 Å². The van der Waals surface area contributed by atoms with Gasteiger partial charge in [0.25, 0.3) is 6.43 Å². The minimum absolute atomic E-state index is 0.0222. The molecule has 7 heteroatoms. The zero-order valence-corrected chi connectivity index (χ0v) is 9.57. The highest BCUT2D eigenvalue weighted by Crippen LogP contribution is 2.23. The van der Waals surface area contributed by atoms with Gasteiger partial charge in [-0.1, -0.05) is 0 Å². The number of hydrogen-bond acceptors (Lipinski definition) is 2. The van der Waals surface area contributed by atoms with Crippen LogP contribution in [0.2, 0.25) is 0 Å². The van der Waals surface area contributed by atoms with Crippen LogP contribution in [0.15, 0.2) is 16.6 Å². The summed E-state index contributed by atoms with van der Waals surface area (Å²) in [5, 5.41) is 0. The molecule has 90 valence electrons. The summed E-state index contributed by atoms with van der Waals surface area (Å²) in [4.78, 5) is 0. The zero-order chi connectivity index (χ0) is 12.3. The molecule has 0 heterocycles. The number of rotatable bonds is 4. The molecule has 16 heavy (non-hydrogen) atoms. The first kappa shape index (κ1) is 13.4. The van der Waals surface area contributed by atoms with E-state index in [4.69, 9.17) is 5.84 Å². The fourth-order valence-electron chi connectivity index (χ4n) is 1.20. The van der Waals surface area contributed by atoms with Gasteiger partial charge in [-0.05, 0) is 28.1 Å². The number of nitrogens with two attached hydrogens (primary N) is 1. The molecule has 0 aliphatic carbocycles. The summed E-state index contributed by atoms with van der Waals surface area (Å²) < 4.78 is 51.4. The van der Waals surface area contributed by atoms with Crippen molar-refractivity contribution in [1.29, 1.82) is 0 Å².